The molecule has 126 valence electrons. The highest BCUT2D eigenvalue weighted by Gasteiger charge is 2.15. The third-order valence-corrected chi connectivity index (χ3v) is 2.61. The molecule has 0 saturated heterocycles. The van der Waals surface area contributed by atoms with Crippen LogP contribution >= 0.6 is 23.2 Å². The van der Waals surface area contributed by atoms with Crippen LogP contribution in [0, 0.1) is 0 Å². The lowest BCUT2D eigenvalue weighted by molar-refractivity contribution is 0.0527. The maximum Gasteiger partial charge on any atom is 0.407 e. The van der Waals surface area contributed by atoms with Crippen LogP contribution in [0.3, 0.4) is 0 Å². The number of hydrogen-bond donors (Lipinski definition) is 2. The highest BCUT2D eigenvalue weighted by molar-refractivity contribution is 6.32. The van der Waals surface area contributed by atoms with Crippen molar-refractivity contribution in [3.8, 4) is 0 Å². The molecule has 0 aliphatic heterocycles. The molecule has 1 rings (SSSR count). The second-order valence-corrected chi connectivity index (χ2v) is 6.27. The number of carbonyl (C=O) groups excluding carboxylic acids is 1. The van der Waals surface area contributed by atoms with Gasteiger partial charge in [-0.3, -0.25) is 0 Å². The van der Waals surface area contributed by atoms with Gasteiger partial charge in [0.05, 0.1) is 0 Å². The first-order valence-corrected chi connectivity index (χ1v) is 7.86. The van der Waals surface area contributed by atoms with Gasteiger partial charge in [0.2, 0.25) is 0 Å². The topological polar surface area (TPSA) is 71.5 Å². The zero-order valence-electron chi connectivity index (χ0n) is 13.2. The van der Waals surface area contributed by atoms with Crippen LogP contribution in [0.25, 0.3) is 0 Å². The number of unbranched alkanes of at least 4 members (excludes halogenated alkanes) is 2. The molecule has 0 saturated carbocycles. The summed E-state index contributed by atoms with van der Waals surface area (Å²) in [7, 11) is 0. The van der Waals surface area contributed by atoms with Gasteiger partial charge in [0.1, 0.15) is 15.9 Å². The van der Waals surface area contributed by atoms with Gasteiger partial charge in [-0.1, -0.05) is 29.3 Å². The Balaban J connectivity index is 0.000000461. The maximum absolute atomic E-state index is 11.1. The number of aromatic nitrogens is 1. The van der Waals surface area contributed by atoms with Crippen LogP contribution in [0.1, 0.15) is 40.0 Å². The second kappa shape index (κ2) is 11.5. The van der Waals surface area contributed by atoms with Crippen molar-refractivity contribution in [3.63, 3.8) is 0 Å². The summed E-state index contributed by atoms with van der Waals surface area (Å²) in [5.74, 6) is 0. The Morgan fingerprint density at radius 2 is 1.82 bits per heavy atom. The molecule has 0 aromatic carbocycles. The molecule has 22 heavy (non-hydrogen) atoms. The van der Waals surface area contributed by atoms with Crippen molar-refractivity contribution >= 4 is 29.3 Å². The first kappa shape index (κ1) is 21.0. The molecule has 1 heterocycles. The van der Waals surface area contributed by atoms with E-state index in [1.807, 2.05) is 20.8 Å². The number of pyridine rings is 1. The van der Waals surface area contributed by atoms with Gasteiger partial charge in [0.15, 0.2) is 0 Å². The van der Waals surface area contributed by atoms with Crippen molar-refractivity contribution in [1.29, 1.82) is 0 Å². The number of alkyl carbamates (subject to hydrolysis) is 1. The smallest absolute Gasteiger partial charge is 0.407 e. The number of nitrogens with one attached hydrogen (secondary N) is 1. The average Bonchev–Trinajstić information content (AvgIpc) is 2.37. The van der Waals surface area contributed by atoms with Crippen LogP contribution in [0.2, 0.25) is 10.3 Å². The number of hydrogen-bond acceptors (Lipinski definition) is 4. The molecule has 0 bridgehead atoms. The fourth-order valence-corrected chi connectivity index (χ4v) is 1.67. The Kier molecular flexibility index (Phi) is 11.0. The van der Waals surface area contributed by atoms with E-state index < -0.39 is 5.60 Å². The summed E-state index contributed by atoms with van der Waals surface area (Å²) < 4.78 is 5.04. The number of carbonyl (C=O) groups is 1. The number of ether oxygens (including phenoxy) is 1. The fourth-order valence-electron chi connectivity index (χ4n) is 1.30. The van der Waals surface area contributed by atoms with Crippen LogP contribution < -0.4 is 5.32 Å². The molecule has 0 fully saturated rings. The van der Waals surface area contributed by atoms with E-state index in [0.29, 0.717) is 16.9 Å². The van der Waals surface area contributed by atoms with E-state index in [4.69, 9.17) is 33.0 Å². The average molecular weight is 351 g/mol. The molecule has 7 heteroatoms. The summed E-state index contributed by atoms with van der Waals surface area (Å²) in [5.41, 5.74) is -0.435. The molecule has 0 unspecified atom stereocenters. The maximum atomic E-state index is 11.1. The standard InChI is InChI=1S/C10H21NO3.C5H3Cl2N/c1-10(2,3)14-9(13)11-7-5-4-6-8-12;6-4-2-1-3-5(7)8-4/h12H,4-8H2,1-3H3,(H,11,13);1-3H. The number of rotatable bonds is 5. The zero-order valence-corrected chi connectivity index (χ0v) is 14.7. The molecule has 1 aromatic rings. The molecule has 0 spiro atoms. The summed E-state index contributed by atoms with van der Waals surface area (Å²) in [6, 6.07) is 5.10. The van der Waals surface area contributed by atoms with Gasteiger partial charge < -0.3 is 15.2 Å². The number of aliphatic hydroxyl groups excluding tert-OH is 1. The molecular weight excluding hydrogens is 327 g/mol. The van der Waals surface area contributed by atoms with Crippen LogP contribution in [0.15, 0.2) is 18.2 Å². The lowest BCUT2D eigenvalue weighted by Crippen LogP contribution is -2.32. The summed E-state index contributed by atoms with van der Waals surface area (Å²) in [4.78, 5) is 14.8. The van der Waals surface area contributed by atoms with Crippen LogP contribution in [0.5, 0.6) is 0 Å². The predicted octanol–water partition coefficient (Wildman–Crippen LogP) is 4.06. The van der Waals surface area contributed by atoms with E-state index >= 15 is 0 Å². The summed E-state index contributed by atoms with van der Waals surface area (Å²) in [5, 5.41) is 12.0. The van der Waals surface area contributed by atoms with Crippen molar-refractivity contribution in [1.82, 2.24) is 10.3 Å². The molecule has 0 aliphatic carbocycles. The summed E-state index contributed by atoms with van der Waals surface area (Å²) in [6.45, 7) is 6.32. The van der Waals surface area contributed by atoms with Crippen molar-refractivity contribution in [2.75, 3.05) is 13.2 Å². The highest BCUT2D eigenvalue weighted by atomic mass is 35.5. The molecule has 0 radical (unpaired) electrons. The zero-order chi connectivity index (χ0) is 17.0. The Morgan fingerprint density at radius 3 is 2.23 bits per heavy atom. The van der Waals surface area contributed by atoms with Crippen molar-refractivity contribution < 1.29 is 14.6 Å². The van der Waals surface area contributed by atoms with Gasteiger partial charge in [-0.2, -0.15) is 0 Å². The lowest BCUT2D eigenvalue weighted by Gasteiger charge is -2.19. The number of halogens is 2. The van der Waals surface area contributed by atoms with Gasteiger partial charge in [-0.15, -0.1) is 0 Å². The minimum Gasteiger partial charge on any atom is -0.444 e. The van der Waals surface area contributed by atoms with Crippen molar-refractivity contribution in [3.05, 3.63) is 28.5 Å². The molecule has 0 aliphatic rings. The molecular formula is C15H24Cl2N2O3. The van der Waals surface area contributed by atoms with E-state index in [0.717, 1.165) is 19.3 Å². The fraction of sp³-hybridized carbons (Fsp3) is 0.600. The minimum atomic E-state index is -0.435. The van der Waals surface area contributed by atoms with Crippen LogP contribution in [-0.4, -0.2) is 34.9 Å². The monoisotopic (exact) mass is 350 g/mol. The Labute approximate surface area is 142 Å². The predicted molar refractivity (Wildman–Crippen MR) is 89.4 cm³/mol. The van der Waals surface area contributed by atoms with E-state index in [-0.39, 0.29) is 12.7 Å². The first-order chi connectivity index (χ1) is 10.2. The molecule has 2 N–H and O–H groups in total. The Morgan fingerprint density at radius 1 is 1.23 bits per heavy atom. The third kappa shape index (κ3) is 13.9. The van der Waals surface area contributed by atoms with Gasteiger partial charge in [0.25, 0.3) is 0 Å². The number of aliphatic hydroxyl groups is 1. The molecule has 0 atom stereocenters. The van der Waals surface area contributed by atoms with Gasteiger partial charge >= 0.3 is 6.09 Å². The van der Waals surface area contributed by atoms with Crippen LogP contribution in [-0.2, 0) is 4.74 Å². The van der Waals surface area contributed by atoms with Gasteiger partial charge in [-0.05, 0) is 52.2 Å². The van der Waals surface area contributed by atoms with E-state index in [2.05, 4.69) is 10.3 Å². The largest absolute Gasteiger partial charge is 0.444 e. The van der Waals surface area contributed by atoms with Crippen molar-refractivity contribution in [2.24, 2.45) is 0 Å². The summed E-state index contributed by atoms with van der Waals surface area (Å²) >= 11 is 10.9. The summed E-state index contributed by atoms with van der Waals surface area (Å²) in [6.07, 6.45) is 2.21. The highest BCUT2D eigenvalue weighted by Crippen LogP contribution is 2.08. The molecule has 1 aromatic heterocycles. The van der Waals surface area contributed by atoms with Crippen molar-refractivity contribution in [2.45, 2.75) is 45.6 Å². The molecule has 1 amide bonds. The second-order valence-electron chi connectivity index (χ2n) is 5.50. The Bertz CT molecular complexity index is 420. The Hall–Kier alpha value is -1.04. The van der Waals surface area contributed by atoms with E-state index in [1.165, 1.54) is 0 Å². The number of amides is 1. The quantitative estimate of drug-likeness (QED) is 0.620. The number of nitrogens with zero attached hydrogens (tertiary/aromatic N) is 1. The van der Waals surface area contributed by atoms with Gasteiger partial charge in [-0.25, -0.2) is 9.78 Å². The minimum absolute atomic E-state index is 0.215. The van der Waals surface area contributed by atoms with Gasteiger partial charge in [0, 0.05) is 13.2 Å². The molecule has 5 nitrogen and oxygen atoms in total. The third-order valence-electron chi connectivity index (χ3n) is 2.18. The first-order valence-electron chi connectivity index (χ1n) is 7.10. The lowest BCUT2D eigenvalue weighted by atomic mass is 10.2. The van der Waals surface area contributed by atoms with E-state index in [9.17, 15) is 4.79 Å². The SMILES string of the molecule is CC(C)(C)OC(=O)NCCCCCO.Clc1cccc(Cl)n1. The van der Waals surface area contributed by atoms with Crippen LogP contribution in [0.4, 0.5) is 4.79 Å². The van der Waals surface area contributed by atoms with E-state index in [1.54, 1.807) is 18.2 Å². The normalized spacial score (nSPS) is 10.5.